The van der Waals surface area contributed by atoms with Crippen molar-refractivity contribution >= 4 is 22.8 Å². The molecule has 0 spiro atoms. The monoisotopic (exact) mass is 272 g/mol. The highest BCUT2D eigenvalue weighted by molar-refractivity contribution is 5.97. The van der Waals surface area contributed by atoms with Crippen molar-refractivity contribution in [2.45, 2.75) is 12.8 Å². The number of hydrogen-bond donors (Lipinski definition) is 2. The molecule has 2 N–H and O–H groups in total. The topological polar surface area (TPSA) is 78.1 Å². The van der Waals surface area contributed by atoms with Gasteiger partial charge in [0, 0.05) is 31.6 Å². The zero-order valence-corrected chi connectivity index (χ0v) is 11.1. The van der Waals surface area contributed by atoms with Crippen LogP contribution in [0.1, 0.15) is 23.2 Å². The largest absolute Gasteiger partial charge is 0.350 e. The quantitative estimate of drug-likeness (QED) is 0.868. The number of imidazole rings is 1. The smallest absolute Gasteiger partial charge is 0.251 e. The van der Waals surface area contributed by atoms with Gasteiger partial charge in [-0.15, -0.1) is 0 Å². The van der Waals surface area contributed by atoms with Crippen LogP contribution in [0.5, 0.6) is 0 Å². The predicted molar refractivity (Wildman–Crippen MR) is 74.2 cm³/mol. The number of rotatable bonds is 4. The van der Waals surface area contributed by atoms with E-state index in [1.54, 1.807) is 23.4 Å². The number of carbonyl (C=O) groups is 2. The highest BCUT2D eigenvalue weighted by Gasteiger charge is 2.19. The third-order valence-electron chi connectivity index (χ3n) is 3.52. The Balaban J connectivity index is 1.57. The van der Waals surface area contributed by atoms with Gasteiger partial charge < -0.3 is 15.2 Å². The van der Waals surface area contributed by atoms with Gasteiger partial charge >= 0.3 is 0 Å². The molecule has 3 rings (SSSR count). The summed E-state index contributed by atoms with van der Waals surface area (Å²) in [4.78, 5) is 32.3. The van der Waals surface area contributed by atoms with Gasteiger partial charge in [0.15, 0.2) is 0 Å². The Kier molecular flexibility index (Phi) is 3.37. The van der Waals surface area contributed by atoms with Crippen LogP contribution in [-0.4, -0.2) is 46.3 Å². The third-order valence-corrected chi connectivity index (χ3v) is 3.52. The molecule has 0 unspecified atom stereocenters. The number of fused-ring (bicyclic) bond motifs is 1. The molecule has 1 aromatic heterocycles. The summed E-state index contributed by atoms with van der Waals surface area (Å²) in [5.74, 6) is 0.0475. The Morgan fingerprint density at radius 2 is 2.35 bits per heavy atom. The molecule has 0 radical (unpaired) electrons. The van der Waals surface area contributed by atoms with E-state index in [2.05, 4.69) is 15.3 Å². The first-order valence-corrected chi connectivity index (χ1v) is 6.73. The number of aromatic nitrogens is 2. The number of benzene rings is 1. The molecule has 1 aliphatic rings. The van der Waals surface area contributed by atoms with E-state index in [1.165, 1.54) is 0 Å². The van der Waals surface area contributed by atoms with Gasteiger partial charge in [0.1, 0.15) is 0 Å². The SMILES string of the molecule is O=C(NCCN1CCCC1=O)c1ccc2nc[nH]c2c1. The zero-order chi connectivity index (χ0) is 13.9. The lowest BCUT2D eigenvalue weighted by Gasteiger charge is -2.15. The van der Waals surface area contributed by atoms with Crippen molar-refractivity contribution in [1.82, 2.24) is 20.2 Å². The fourth-order valence-electron chi connectivity index (χ4n) is 2.42. The molecule has 1 aliphatic heterocycles. The second-order valence-corrected chi connectivity index (χ2v) is 4.87. The molecule has 1 fully saturated rings. The average molecular weight is 272 g/mol. The second-order valence-electron chi connectivity index (χ2n) is 4.87. The van der Waals surface area contributed by atoms with E-state index in [0.717, 1.165) is 24.0 Å². The summed E-state index contributed by atoms with van der Waals surface area (Å²) in [6.45, 7) is 1.86. The number of carbonyl (C=O) groups excluding carboxylic acids is 2. The molecule has 0 saturated carbocycles. The highest BCUT2D eigenvalue weighted by Crippen LogP contribution is 2.11. The van der Waals surface area contributed by atoms with Crippen LogP contribution in [0.25, 0.3) is 11.0 Å². The fourth-order valence-corrected chi connectivity index (χ4v) is 2.42. The van der Waals surface area contributed by atoms with Gasteiger partial charge in [-0.2, -0.15) is 0 Å². The molecular formula is C14H16N4O2. The van der Waals surface area contributed by atoms with Gasteiger partial charge in [0.2, 0.25) is 5.91 Å². The first-order chi connectivity index (χ1) is 9.74. The van der Waals surface area contributed by atoms with E-state index < -0.39 is 0 Å². The lowest BCUT2D eigenvalue weighted by atomic mass is 10.2. The zero-order valence-electron chi connectivity index (χ0n) is 11.1. The van der Waals surface area contributed by atoms with Crippen molar-refractivity contribution in [2.75, 3.05) is 19.6 Å². The minimum absolute atomic E-state index is 0.131. The van der Waals surface area contributed by atoms with Crippen LogP contribution in [0.3, 0.4) is 0 Å². The van der Waals surface area contributed by atoms with Crippen molar-refractivity contribution in [3.05, 3.63) is 30.1 Å². The van der Waals surface area contributed by atoms with Crippen molar-refractivity contribution in [1.29, 1.82) is 0 Å². The lowest BCUT2D eigenvalue weighted by Crippen LogP contribution is -2.35. The predicted octanol–water partition coefficient (Wildman–Crippen LogP) is 0.915. The number of aromatic amines is 1. The Hall–Kier alpha value is -2.37. The van der Waals surface area contributed by atoms with Gasteiger partial charge in [-0.1, -0.05) is 0 Å². The maximum Gasteiger partial charge on any atom is 0.251 e. The fraction of sp³-hybridized carbons (Fsp3) is 0.357. The molecule has 6 nitrogen and oxygen atoms in total. The molecule has 20 heavy (non-hydrogen) atoms. The maximum absolute atomic E-state index is 12.0. The summed E-state index contributed by atoms with van der Waals surface area (Å²) >= 11 is 0. The van der Waals surface area contributed by atoms with Crippen molar-refractivity contribution in [3.63, 3.8) is 0 Å². The van der Waals surface area contributed by atoms with Crippen molar-refractivity contribution < 1.29 is 9.59 Å². The molecule has 0 aliphatic carbocycles. The summed E-state index contributed by atoms with van der Waals surface area (Å²) in [6, 6.07) is 5.34. The number of nitrogens with one attached hydrogen (secondary N) is 2. The molecule has 2 aromatic rings. The first kappa shape index (κ1) is 12.7. The molecular weight excluding hydrogens is 256 g/mol. The summed E-state index contributed by atoms with van der Waals surface area (Å²) in [5, 5.41) is 2.84. The molecule has 2 heterocycles. The Labute approximate surface area is 116 Å². The highest BCUT2D eigenvalue weighted by atomic mass is 16.2. The summed E-state index contributed by atoms with van der Waals surface area (Å²) in [6.07, 6.45) is 3.15. The standard InChI is InChI=1S/C14H16N4O2/c19-13-2-1-6-18(13)7-5-15-14(20)10-3-4-11-12(8-10)17-9-16-11/h3-4,8-9H,1-2,5-7H2,(H,15,20)(H,16,17). The van der Waals surface area contributed by atoms with Crippen LogP contribution >= 0.6 is 0 Å². The van der Waals surface area contributed by atoms with Gasteiger partial charge in [0.25, 0.3) is 5.91 Å². The van der Waals surface area contributed by atoms with Crippen molar-refractivity contribution in [2.24, 2.45) is 0 Å². The van der Waals surface area contributed by atoms with E-state index >= 15 is 0 Å². The molecule has 6 heteroatoms. The van der Waals surface area contributed by atoms with Gasteiger partial charge in [0.05, 0.1) is 17.4 Å². The minimum atomic E-state index is -0.131. The van der Waals surface area contributed by atoms with Crippen LogP contribution in [0.4, 0.5) is 0 Å². The Morgan fingerprint density at radius 3 is 3.15 bits per heavy atom. The summed E-state index contributed by atoms with van der Waals surface area (Å²) in [7, 11) is 0. The van der Waals surface area contributed by atoms with Crippen LogP contribution in [-0.2, 0) is 4.79 Å². The maximum atomic E-state index is 12.0. The van der Waals surface area contributed by atoms with Gasteiger partial charge in [-0.25, -0.2) is 4.98 Å². The molecule has 1 saturated heterocycles. The van der Waals surface area contributed by atoms with E-state index in [1.807, 2.05) is 6.07 Å². The minimum Gasteiger partial charge on any atom is -0.350 e. The Morgan fingerprint density at radius 1 is 1.45 bits per heavy atom. The molecule has 0 bridgehead atoms. The average Bonchev–Trinajstić information content (AvgIpc) is 3.07. The Bertz CT molecular complexity index is 649. The van der Waals surface area contributed by atoms with Crippen LogP contribution < -0.4 is 5.32 Å². The van der Waals surface area contributed by atoms with Gasteiger partial charge in [-0.05, 0) is 24.6 Å². The number of likely N-dealkylation sites (tertiary alicyclic amines) is 1. The van der Waals surface area contributed by atoms with Crippen LogP contribution in [0.2, 0.25) is 0 Å². The number of H-pyrrole nitrogens is 1. The van der Waals surface area contributed by atoms with E-state index in [4.69, 9.17) is 0 Å². The number of amides is 2. The van der Waals surface area contributed by atoms with E-state index in [0.29, 0.717) is 25.1 Å². The van der Waals surface area contributed by atoms with E-state index in [9.17, 15) is 9.59 Å². The molecule has 0 atom stereocenters. The molecule has 104 valence electrons. The van der Waals surface area contributed by atoms with Crippen LogP contribution in [0.15, 0.2) is 24.5 Å². The lowest BCUT2D eigenvalue weighted by molar-refractivity contribution is -0.127. The van der Waals surface area contributed by atoms with Crippen molar-refractivity contribution in [3.8, 4) is 0 Å². The first-order valence-electron chi connectivity index (χ1n) is 6.73. The third kappa shape index (κ3) is 2.49. The summed E-state index contributed by atoms with van der Waals surface area (Å²) in [5.41, 5.74) is 2.27. The van der Waals surface area contributed by atoms with Crippen LogP contribution in [0, 0.1) is 0 Å². The molecule has 2 amide bonds. The second kappa shape index (κ2) is 5.32. The summed E-state index contributed by atoms with van der Waals surface area (Å²) < 4.78 is 0. The normalized spacial score (nSPS) is 15.0. The van der Waals surface area contributed by atoms with E-state index in [-0.39, 0.29) is 11.8 Å². The van der Waals surface area contributed by atoms with Gasteiger partial charge in [-0.3, -0.25) is 9.59 Å². The molecule has 1 aromatic carbocycles. The number of hydrogen-bond acceptors (Lipinski definition) is 3. The number of nitrogens with zero attached hydrogens (tertiary/aromatic N) is 2.